The quantitative estimate of drug-likeness (QED) is 0.806. The Hall–Kier alpha value is -1.39. The van der Waals surface area contributed by atoms with Crippen molar-refractivity contribution in [2.75, 3.05) is 0 Å². The molecule has 0 aromatic carbocycles. The van der Waals surface area contributed by atoms with Gasteiger partial charge in [0.1, 0.15) is 12.2 Å². The van der Waals surface area contributed by atoms with Crippen LogP contribution in [0.25, 0.3) is 0 Å². The summed E-state index contributed by atoms with van der Waals surface area (Å²) in [6.45, 7) is 0. The molecule has 1 N–H and O–H groups in total. The minimum Gasteiger partial charge on any atom is -0.481 e. The van der Waals surface area contributed by atoms with Gasteiger partial charge >= 0.3 is 5.97 Å². The molecule has 5 nitrogen and oxygen atoms in total. The molecule has 0 unspecified atom stereocenters. The van der Waals surface area contributed by atoms with E-state index in [2.05, 4.69) is 10.2 Å². The summed E-state index contributed by atoms with van der Waals surface area (Å²) in [7, 11) is 1.85. The van der Waals surface area contributed by atoms with E-state index in [0.29, 0.717) is 6.42 Å². The Kier molecular flexibility index (Phi) is 2.46. The van der Waals surface area contributed by atoms with Crippen molar-refractivity contribution in [1.29, 1.82) is 0 Å². The molecule has 1 aliphatic rings. The number of hydrogen-bond acceptors (Lipinski definition) is 3. The van der Waals surface area contributed by atoms with Gasteiger partial charge in [0.15, 0.2) is 0 Å². The standard InChI is InChI=1S/C10H15N3O2/c1-13-7-11-12-8(13)6-10(9(14)15)4-2-3-5-10/h7H,2-6H2,1H3,(H,14,15). The Balaban J connectivity index is 2.21. The van der Waals surface area contributed by atoms with Crippen molar-refractivity contribution in [3.8, 4) is 0 Å². The second-order valence-corrected chi connectivity index (χ2v) is 4.33. The lowest BCUT2D eigenvalue weighted by atomic mass is 9.82. The molecular weight excluding hydrogens is 194 g/mol. The van der Waals surface area contributed by atoms with Crippen molar-refractivity contribution in [3.63, 3.8) is 0 Å². The van der Waals surface area contributed by atoms with Crippen molar-refractivity contribution in [2.24, 2.45) is 12.5 Å². The molecule has 0 saturated heterocycles. The first-order chi connectivity index (χ1) is 7.14. The Bertz CT molecular complexity index is 366. The van der Waals surface area contributed by atoms with Gasteiger partial charge < -0.3 is 9.67 Å². The molecule has 1 aliphatic carbocycles. The zero-order valence-electron chi connectivity index (χ0n) is 8.81. The lowest BCUT2D eigenvalue weighted by Crippen LogP contribution is -2.31. The second kappa shape index (κ2) is 3.64. The summed E-state index contributed by atoms with van der Waals surface area (Å²) in [5.41, 5.74) is -0.596. The average Bonchev–Trinajstić information content (AvgIpc) is 2.78. The maximum Gasteiger partial charge on any atom is 0.310 e. The molecule has 1 fully saturated rings. The number of aromatic nitrogens is 3. The minimum atomic E-state index is -0.692. The summed E-state index contributed by atoms with van der Waals surface area (Å²) in [5, 5.41) is 17.0. The zero-order valence-corrected chi connectivity index (χ0v) is 8.81. The first-order valence-electron chi connectivity index (χ1n) is 5.20. The molecule has 0 amide bonds. The lowest BCUT2D eigenvalue weighted by Gasteiger charge is -2.22. The molecule has 2 rings (SSSR count). The van der Waals surface area contributed by atoms with Gasteiger partial charge in [-0.15, -0.1) is 10.2 Å². The molecule has 0 atom stereocenters. The summed E-state index contributed by atoms with van der Waals surface area (Å²) < 4.78 is 1.79. The fraction of sp³-hybridized carbons (Fsp3) is 0.700. The highest BCUT2D eigenvalue weighted by Crippen LogP contribution is 2.40. The van der Waals surface area contributed by atoms with Gasteiger partial charge in [-0.3, -0.25) is 4.79 Å². The van der Waals surface area contributed by atoms with E-state index >= 15 is 0 Å². The highest BCUT2D eigenvalue weighted by Gasteiger charge is 2.42. The van der Waals surface area contributed by atoms with E-state index in [4.69, 9.17) is 0 Å². The molecule has 5 heteroatoms. The maximum absolute atomic E-state index is 11.3. The summed E-state index contributed by atoms with van der Waals surface area (Å²) in [6, 6.07) is 0. The van der Waals surface area contributed by atoms with E-state index in [1.54, 1.807) is 10.9 Å². The lowest BCUT2D eigenvalue weighted by molar-refractivity contribution is -0.148. The van der Waals surface area contributed by atoms with Crippen molar-refractivity contribution < 1.29 is 9.90 Å². The average molecular weight is 209 g/mol. The molecule has 0 bridgehead atoms. The van der Waals surface area contributed by atoms with Crippen LogP contribution >= 0.6 is 0 Å². The molecule has 1 aromatic rings. The van der Waals surface area contributed by atoms with Crippen LogP contribution in [0.2, 0.25) is 0 Å². The maximum atomic E-state index is 11.3. The summed E-state index contributed by atoms with van der Waals surface area (Å²) in [5.74, 6) is 0.0716. The van der Waals surface area contributed by atoms with Crippen molar-refractivity contribution in [2.45, 2.75) is 32.1 Å². The van der Waals surface area contributed by atoms with Crippen LogP contribution in [0.1, 0.15) is 31.5 Å². The van der Waals surface area contributed by atoms with Gasteiger partial charge in [-0.25, -0.2) is 0 Å². The molecule has 0 aliphatic heterocycles. The first-order valence-corrected chi connectivity index (χ1v) is 5.20. The fourth-order valence-electron chi connectivity index (χ4n) is 2.29. The van der Waals surface area contributed by atoms with Gasteiger partial charge in [0, 0.05) is 13.5 Å². The van der Waals surface area contributed by atoms with Gasteiger partial charge in [0.05, 0.1) is 5.41 Å². The number of aryl methyl sites for hydroxylation is 1. The first kappa shape index (κ1) is 10.1. The third kappa shape index (κ3) is 1.73. The molecule has 15 heavy (non-hydrogen) atoms. The predicted octanol–water partition coefficient (Wildman–Crippen LogP) is 1.00. The molecular formula is C10H15N3O2. The Morgan fingerprint density at radius 1 is 1.60 bits per heavy atom. The van der Waals surface area contributed by atoms with E-state index in [9.17, 15) is 9.90 Å². The van der Waals surface area contributed by atoms with E-state index in [0.717, 1.165) is 31.5 Å². The van der Waals surface area contributed by atoms with Gasteiger partial charge in [0.2, 0.25) is 0 Å². The molecule has 1 aromatic heterocycles. The Labute approximate surface area is 88.1 Å². The van der Waals surface area contributed by atoms with Crippen molar-refractivity contribution in [1.82, 2.24) is 14.8 Å². The van der Waals surface area contributed by atoms with E-state index in [1.165, 1.54) is 0 Å². The summed E-state index contributed by atoms with van der Waals surface area (Å²) in [6.07, 6.45) is 5.64. The highest BCUT2D eigenvalue weighted by molar-refractivity contribution is 5.75. The smallest absolute Gasteiger partial charge is 0.310 e. The van der Waals surface area contributed by atoms with E-state index in [1.807, 2.05) is 7.05 Å². The molecule has 1 saturated carbocycles. The van der Waals surface area contributed by atoms with Gasteiger partial charge in [-0.1, -0.05) is 12.8 Å². The topological polar surface area (TPSA) is 68.0 Å². The number of carboxylic acids is 1. The highest BCUT2D eigenvalue weighted by atomic mass is 16.4. The molecule has 0 spiro atoms. The van der Waals surface area contributed by atoms with E-state index in [-0.39, 0.29) is 0 Å². The fourth-order valence-corrected chi connectivity index (χ4v) is 2.29. The van der Waals surface area contributed by atoms with E-state index < -0.39 is 11.4 Å². The largest absolute Gasteiger partial charge is 0.481 e. The van der Waals surface area contributed by atoms with Crippen LogP contribution in [0, 0.1) is 5.41 Å². The second-order valence-electron chi connectivity index (χ2n) is 4.33. The molecule has 1 heterocycles. The van der Waals surface area contributed by atoms with Crippen LogP contribution in [0.4, 0.5) is 0 Å². The van der Waals surface area contributed by atoms with Crippen LogP contribution in [0.15, 0.2) is 6.33 Å². The Morgan fingerprint density at radius 3 is 2.73 bits per heavy atom. The van der Waals surface area contributed by atoms with Crippen LogP contribution < -0.4 is 0 Å². The number of carboxylic acid groups (broad SMARTS) is 1. The number of aliphatic carboxylic acids is 1. The summed E-state index contributed by atoms with van der Waals surface area (Å²) >= 11 is 0. The predicted molar refractivity (Wildman–Crippen MR) is 53.2 cm³/mol. The SMILES string of the molecule is Cn1cnnc1CC1(C(=O)O)CCCC1. The summed E-state index contributed by atoms with van der Waals surface area (Å²) in [4.78, 5) is 11.3. The third-order valence-corrected chi connectivity index (χ3v) is 3.32. The zero-order chi connectivity index (χ0) is 10.9. The van der Waals surface area contributed by atoms with Gasteiger partial charge in [-0.2, -0.15) is 0 Å². The van der Waals surface area contributed by atoms with Gasteiger partial charge in [0.25, 0.3) is 0 Å². The molecule has 0 radical (unpaired) electrons. The van der Waals surface area contributed by atoms with Crippen molar-refractivity contribution in [3.05, 3.63) is 12.2 Å². The van der Waals surface area contributed by atoms with Crippen LogP contribution in [-0.2, 0) is 18.3 Å². The normalized spacial score (nSPS) is 19.3. The van der Waals surface area contributed by atoms with Crippen LogP contribution in [0.3, 0.4) is 0 Å². The van der Waals surface area contributed by atoms with Crippen LogP contribution in [0.5, 0.6) is 0 Å². The molecule has 82 valence electrons. The third-order valence-electron chi connectivity index (χ3n) is 3.32. The number of carbonyl (C=O) groups is 1. The van der Waals surface area contributed by atoms with Gasteiger partial charge in [-0.05, 0) is 12.8 Å². The monoisotopic (exact) mass is 209 g/mol. The number of rotatable bonds is 3. The number of hydrogen-bond donors (Lipinski definition) is 1. The minimum absolute atomic E-state index is 0.499. The van der Waals surface area contributed by atoms with Crippen molar-refractivity contribution >= 4 is 5.97 Å². The van der Waals surface area contributed by atoms with Crippen LogP contribution in [-0.4, -0.2) is 25.8 Å². The Morgan fingerprint density at radius 2 is 2.27 bits per heavy atom. The number of nitrogens with zero attached hydrogens (tertiary/aromatic N) is 3.